The van der Waals surface area contributed by atoms with E-state index in [4.69, 9.17) is 9.47 Å². The van der Waals surface area contributed by atoms with Crippen molar-refractivity contribution in [2.24, 2.45) is 0 Å². The first-order valence-corrected chi connectivity index (χ1v) is 16.9. The number of nitrogens with one attached hydrogen (secondary N) is 3. The number of carbonyl (C=O) groups is 1. The number of carbonyl (C=O) groups excluding carboxylic acids is 1. The topological polar surface area (TPSA) is 84.5 Å². The van der Waals surface area contributed by atoms with Gasteiger partial charge in [0.2, 0.25) is 0 Å². The molecule has 0 saturated carbocycles. The molecule has 0 fully saturated rings. The number of fused-ring (bicyclic) bond motifs is 1. The first-order chi connectivity index (χ1) is 21.7. The van der Waals surface area contributed by atoms with Gasteiger partial charge in [-0.05, 0) is 65.8 Å². The Hall–Kier alpha value is -4.61. The van der Waals surface area contributed by atoms with E-state index in [0.29, 0.717) is 28.7 Å². The number of ether oxygens (including phenoxy) is 2. The van der Waals surface area contributed by atoms with Crippen molar-refractivity contribution >= 4 is 52.9 Å². The minimum absolute atomic E-state index is 0.0877. The van der Waals surface area contributed by atoms with Gasteiger partial charge in [-0.15, -0.1) is 0 Å². The molecular weight excluding hydrogens is 579 g/mol. The van der Waals surface area contributed by atoms with Crippen molar-refractivity contribution in [3.05, 3.63) is 103 Å². The van der Waals surface area contributed by atoms with E-state index in [1.54, 1.807) is 13.3 Å². The normalized spacial score (nSPS) is 11.4. The molecule has 0 radical (unpaired) electrons. The lowest BCUT2D eigenvalue weighted by Gasteiger charge is -2.26. The first kappa shape index (κ1) is 31.8. The van der Waals surface area contributed by atoms with Crippen LogP contribution in [0.2, 0.25) is 0 Å². The summed E-state index contributed by atoms with van der Waals surface area (Å²) in [5.41, 5.74) is 3.36. The van der Waals surface area contributed by atoms with Crippen molar-refractivity contribution in [1.82, 2.24) is 4.98 Å². The SMILES string of the molecule is CCP(CC)c1cc(C(C)(C)C)cc(NC(=O)Nc2ccc(Oc3ccnc(Nc4ccccc4)c3)c3ccccc23)c1OC. The first-order valence-electron chi connectivity index (χ1n) is 15.2. The molecule has 4 aromatic carbocycles. The van der Waals surface area contributed by atoms with Crippen LogP contribution in [0.15, 0.2) is 97.2 Å². The fraction of sp³-hybridized carbons (Fsp3) is 0.243. The van der Waals surface area contributed by atoms with E-state index in [1.165, 1.54) is 5.30 Å². The Labute approximate surface area is 267 Å². The van der Waals surface area contributed by atoms with Crippen LogP contribution in [0.5, 0.6) is 17.2 Å². The quantitative estimate of drug-likeness (QED) is 0.135. The summed E-state index contributed by atoms with van der Waals surface area (Å²) in [7, 11) is 1.26. The Kier molecular flexibility index (Phi) is 9.90. The second-order valence-corrected chi connectivity index (χ2v) is 14.5. The molecule has 1 heterocycles. The molecule has 0 unspecified atom stereocenters. The predicted octanol–water partition coefficient (Wildman–Crippen LogP) is 9.87. The molecule has 5 rings (SSSR count). The molecule has 1 aromatic heterocycles. The van der Waals surface area contributed by atoms with Gasteiger partial charge in [-0.2, -0.15) is 0 Å². The van der Waals surface area contributed by atoms with Crippen molar-refractivity contribution in [3.63, 3.8) is 0 Å². The second-order valence-electron chi connectivity index (χ2n) is 11.7. The lowest BCUT2D eigenvalue weighted by Crippen LogP contribution is -2.23. The Morgan fingerprint density at radius 3 is 2.20 bits per heavy atom. The third-order valence-electron chi connectivity index (χ3n) is 7.63. The highest BCUT2D eigenvalue weighted by Crippen LogP contribution is 2.42. The van der Waals surface area contributed by atoms with Gasteiger partial charge in [0.05, 0.1) is 18.5 Å². The van der Waals surface area contributed by atoms with Crippen LogP contribution in [0, 0.1) is 0 Å². The molecule has 5 aromatic rings. The molecule has 2 amide bonds. The summed E-state index contributed by atoms with van der Waals surface area (Å²) in [6.45, 7) is 11.0. The zero-order valence-corrected chi connectivity index (χ0v) is 27.7. The molecule has 232 valence electrons. The second kappa shape index (κ2) is 14.0. The van der Waals surface area contributed by atoms with Crippen LogP contribution in [0.1, 0.15) is 40.2 Å². The van der Waals surface area contributed by atoms with Crippen molar-refractivity contribution in [2.75, 3.05) is 35.4 Å². The molecule has 0 aliphatic rings. The van der Waals surface area contributed by atoms with Gasteiger partial charge in [0, 0.05) is 34.0 Å². The Morgan fingerprint density at radius 1 is 0.822 bits per heavy atom. The van der Waals surface area contributed by atoms with Crippen molar-refractivity contribution in [1.29, 1.82) is 0 Å². The molecule has 3 N–H and O–H groups in total. The summed E-state index contributed by atoms with van der Waals surface area (Å²) < 4.78 is 12.2. The van der Waals surface area contributed by atoms with Crippen LogP contribution >= 0.6 is 7.92 Å². The molecule has 0 atom stereocenters. The number of amides is 2. The number of nitrogens with zero attached hydrogens (tertiary/aromatic N) is 1. The average molecular weight is 621 g/mol. The third-order valence-corrected chi connectivity index (χ3v) is 10.2. The van der Waals surface area contributed by atoms with Gasteiger partial charge in [0.15, 0.2) is 0 Å². The minimum atomic E-state index is -0.413. The van der Waals surface area contributed by atoms with Gasteiger partial charge in [-0.25, -0.2) is 9.78 Å². The van der Waals surface area contributed by atoms with Crippen LogP contribution in [0.25, 0.3) is 10.8 Å². The number of hydrogen-bond acceptors (Lipinski definition) is 5. The number of anilines is 4. The lowest BCUT2D eigenvalue weighted by molar-refractivity contribution is 0.262. The van der Waals surface area contributed by atoms with Crippen LogP contribution in [-0.2, 0) is 5.41 Å². The van der Waals surface area contributed by atoms with E-state index in [1.807, 2.05) is 84.9 Å². The molecule has 0 aliphatic heterocycles. The predicted molar refractivity (Wildman–Crippen MR) is 190 cm³/mol. The number of pyridine rings is 1. The summed E-state index contributed by atoms with van der Waals surface area (Å²) in [4.78, 5) is 17.9. The fourth-order valence-electron chi connectivity index (χ4n) is 5.24. The smallest absolute Gasteiger partial charge is 0.323 e. The summed E-state index contributed by atoms with van der Waals surface area (Å²) in [5.74, 6) is 2.73. The molecule has 45 heavy (non-hydrogen) atoms. The Morgan fingerprint density at radius 2 is 1.51 bits per heavy atom. The highest BCUT2D eigenvalue weighted by molar-refractivity contribution is 7.65. The van der Waals surface area contributed by atoms with Crippen LogP contribution < -0.4 is 30.7 Å². The van der Waals surface area contributed by atoms with E-state index in [2.05, 4.69) is 61.6 Å². The molecule has 0 aliphatic carbocycles. The number of hydrogen-bond donors (Lipinski definition) is 3. The maximum Gasteiger partial charge on any atom is 0.323 e. The van der Waals surface area contributed by atoms with Crippen LogP contribution in [-0.4, -0.2) is 30.4 Å². The van der Waals surface area contributed by atoms with Crippen molar-refractivity contribution in [3.8, 4) is 17.2 Å². The Balaban J connectivity index is 1.40. The summed E-state index contributed by atoms with van der Waals surface area (Å²) >= 11 is 0. The number of aromatic nitrogens is 1. The third kappa shape index (κ3) is 7.55. The molecule has 0 saturated heterocycles. The van der Waals surface area contributed by atoms with Gasteiger partial charge < -0.3 is 25.4 Å². The van der Waals surface area contributed by atoms with E-state index in [9.17, 15) is 4.79 Å². The average Bonchev–Trinajstić information content (AvgIpc) is 3.03. The number of benzene rings is 4. The Bertz CT molecular complexity index is 1780. The van der Waals surface area contributed by atoms with E-state index in [-0.39, 0.29) is 11.4 Å². The lowest BCUT2D eigenvalue weighted by atomic mass is 9.86. The fourth-order valence-corrected chi connectivity index (χ4v) is 7.19. The van der Waals surface area contributed by atoms with Gasteiger partial charge in [0.1, 0.15) is 23.1 Å². The summed E-state index contributed by atoms with van der Waals surface area (Å²) in [6, 6.07) is 29.1. The molecule has 7 nitrogen and oxygen atoms in total. The van der Waals surface area contributed by atoms with E-state index < -0.39 is 7.92 Å². The van der Waals surface area contributed by atoms with Gasteiger partial charge >= 0.3 is 6.03 Å². The van der Waals surface area contributed by atoms with Gasteiger partial charge in [0.25, 0.3) is 0 Å². The van der Waals surface area contributed by atoms with Crippen molar-refractivity contribution < 1.29 is 14.3 Å². The molecule has 0 bridgehead atoms. The zero-order chi connectivity index (χ0) is 32.0. The minimum Gasteiger partial charge on any atom is -0.494 e. The standard InChI is InChI=1S/C37H41N4O3P/c1-7-45(8-2)33-23-25(37(3,4)5)22-31(35(33)43-6)41-36(42)40-30-18-19-32(29-17-13-12-16-28(29)30)44-27-20-21-38-34(24-27)39-26-14-10-9-11-15-26/h9-24H,7-8H2,1-6H3,(H,38,39)(H2,40,41,42). The highest BCUT2D eigenvalue weighted by Gasteiger charge is 2.24. The van der Waals surface area contributed by atoms with Crippen LogP contribution in [0.4, 0.5) is 27.7 Å². The zero-order valence-electron chi connectivity index (χ0n) is 26.8. The molecule has 8 heteroatoms. The molecular formula is C37H41N4O3P. The van der Waals surface area contributed by atoms with Crippen molar-refractivity contribution in [2.45, 2.75) is 40.0 Å². The monoisotopic (exact) mass is 620 g/mol. The summed E-state index contributed by atoms with van der Waals surface area (Å²) in [6.07, 6.45) is 3.81. The van der Waals surface area contributed by atoms with Gasteiger partial charge in [-0.3, -0.25) is 0 Å². The number of rotatable bonds is 10. The maximum absolute atomic E-state index is 13.5. The number of methoxy groups -OCH3 is 1. The summed E-state index contributed by atoms with van der Waals surface area (Å²) in [5, 5.41) is 12.4. The number of para-hydroxylation sites is 1. The molecule has 0 spiro atoms. The largest absolute Gasteiger partial charge is 0.494 e. The maximum atomic E-state index is 13.5. The van der Waals surface area contributed by atoms with Crippen LogP contribution in [0.3, 0.4) is 0 Å². The van der Waals surface area contributed by atoms with E-state index in [0.717, 1.165) is 40.1 Å². The highest BCUT2D eigenvalue weighted by atomic mass is 31.1. The number of urea groups is 1. The van der Waals surface area contributed by atoms with Gasteiger partial charge in [-0.1, -0.05) is 85.0 Å². The van der Waals surface area contributed by atoms with E-state index >= 15 is 0 Å².